The molecule has 1 amide bonds. The van der Waals surface area contributed by atoms with Crippen molar-refractivity contribution < 1.29 is 9.18 Å². The molecule has 1 aliphatic carbocycles. The largest absolute Gasteiger partial charge is 0.335 e. The van der Waals surface area contributed by atoms with Gasteiger partial charge in [-0.1, -0.05) is 26.8 Å². The van der Waals surface area contributed by atoms with Gasteiger partial charge in [-0.2, -0.15) is 0 Å². The van der Waals surface area contributed by atoms with Crippen LogP contribution in [0.2, 0.25) is 0 Å². The highest BCUT2D eigenvalue weighted by molar-refractivity contribution is 5.96. The lowest BCUT2D eigenvalue weighted by atomic mass is 9.51. The number of aliphatic imine (C=N–C) groups is 1. The number of piperidine rings is 1. The first-order chi connectivity index (χ1) is 13.3. The maximum Gasteiger partial charge on any atom is 0.254 e. The Morgan fingerprint density at radius 2 is 1.96 bits per heavy atom. The second-order valence-corrected chi connectivity index (χ2v) is 9.18. The van der Waals surface area contributed by atoms with Crippen molar-refractivity contribution in [2.24, 2.45) is 10.4 Å². The van der Waals surface area contributed by atoms with E-state index in [0.29, 0.717) is 6.42 Å². The lowest BCUT2D eigenvalue weighted by Crippen LogP contribution is -2.64. The summed E-state index contributed by atoms with van der Waals surface area (Å²) in [5.41, 5.74) is 4.94. The summed E-state index contributed by atoms with van der Waals surface area (Å²) in [6.45, 7) is 7.54. The Balaban J connectivity index is 1.54. The monoisotopic (exact) mass is 376 g/mol. The van der Waals surface area contributed by atoms with Gasteiger partial charge in [-0.25, -0.2) is 4.39 Å². The van der Waals surface area contributed by atoms with E-state index in [9.17, 15) is 9.18 Å². The van der Waals surface area contributed by atoms with Crippen molar-refractivity contribution in [1.29, 1.82) is 0 Å². The zero-order valence-electron chi connectivity index (χ0n) is 16.6. The quantitative estimate of drug-likeness (QED) is 0.701. The Hall–Kier alpha value is -2.49. The summed E-state index contributed by atoms with van der Waals surface area (Å²) < 4.78 is 13.9. The number of halogens is 1. The highest BCUT2D eigenvalue weighted by atomic mass is 19.1. The third-order valence-corrected chi connectivity index (χ3v) is 7.69. The second-order valence-electron chi connectivity index (χ2n) is 9.18. The number of nitrogens with zero attached hydrogens (tertiary/aromatic N) is 2. The van der Waals surface area contributed by atoms with Crippen molar-refractivity contribution >= 4 is 17.8 Å². The normalized spacial score (nSPS) is 26.7. The molecule has 144 valence electrons. The SMILES string of the molecule is CC12CCN(C(=O)c3ccc4c(c3)CC=N4)C(Cc3cc(F)ccc31)C2(C)C. The van der Waals surface area contributed by atoms with Crippen LogP contribution in [0, 0.1) is 11.2 Å². The number of carbonyl (C=O) groups is 1. The average Bonchev–Trinajstić information content (AvgIpc) is 3.12. The summed E-state index contributed by atoms with van der Waals surface area (Å²) in [5.74, 6) is -0.119. The zero-order chi connectivity index (χ0) is 19.7. The van der Waals surface area contributed by atoms with Gasteiger partial charge in [-0.3, -0.25) is 9.79 Å². The first kappa shape index (κ1) is 17.6. The molecule has 0 spiro atoms. The first-order valence-corrected chi connectivity index (χ1v) is 10.1. The molecule has 5 rings (SSSR count). The first-order valence-electron chi connectivity index (χ1n) is 10.1. The number of amides is 1. The molecule has 1 fully saturated rings. The van der Waals surface area contributed by atoms with Gasteiger partial charge in [-0.05, 0) is 65.3 Å². The van der Waals surface area contributed by atoms with Crippen LogP contribution in [-0.2, 0) is 18.3 Å². The number of carbonyl (C=O) groups excluding carboxylic acids is 1. The Kier molecular flexibility index (Phi) is 3.62. The number of hydrogen-bond acceptors (Lipinski definition) is 2. The molecule has 3 aliphatic rings. The van der Waals surface area contributed by atoms with E-state index in [1.807, 2.05) is 35.4 Å². The van der Waals surface area contributed by atoms with Crippen LogP contribution in [0.25, 0.3) is 0 Å². The van der Waals surface area contributed by atoms with Crippen LogP contribution in [0.1, 0.15) is 54.2 Å². The molecule has 0 saturated carbocycles. The minimum Gasteiger partial charge on any atom is -0.335 e. The highest BCUT2D eigenvalue weighted by Gasteiger charge is 2.56. The van der Waals surface area contributed by atoms with Crippen LogP contribution in [-0.4, -0.2) is 29.6 Å². The minimum absolute atomic E-state index is 0.0533. The number of fused-ring (bicyclic) bond motifs is 5. The number of hydrogen-bond donors (Lipinski definition) is 0. The molecule has 0 aromatic heterocycles. The fourth-order valence-electron chi connectivity index (χ4n) is 5.56. The molecule has 2 heterocycles. The second kappa shape index (κ2) is 5.76. The topological polar surface area (TPSA) is 32.7 Å². The van der Waals surface area contributed by atoms with E-state index in [-0.39, 0.29) is 28.6 Å². The molecule has 0 radical (unpaired) electrons. The lowest BCUT2D eigenvalue weighted by Gasteiger charge is -2.60. The van der Waals surface area contributed by atoms with Crippen molar-refractivity contribution in [3.8, 4) is 0 Å². The van der Waals surface area contributed by atoms with Gasteiger partial charge in [0.2, 0.25) is 0 Å². The van der Waals surface area contributed by atoms with E-state index in [1.165, 1.54) is 5.56 Å². The van der Waals surface area contributed by atoms with Crippen LogP contribution < -0.4 is 0 Å². The molecule has 2 aliphatic heterocycles. The van der Waals surface area contributed by atoms with Gasteiger partial charge in [0.05, 0.1) is 5.69 Å². The molecule has 3 nitrogen and oxygen atoms in total. The van der Waals surface area contributed by atoms with Crippen LogP contribution in [0.3, 0.4) is 0 Å². The van der Waals surface area contributed by atoms with E-state index in [1.54, 1.807) is 12.1 Å². The van der Waals surface area contributed by atoms with E-state index in [2.05, 4.69) is 25.8 Å². The van der Waals surface area contributed by atoms with Gasteiger partial charge in [0.1, 0.15) is 5.82 Å². The van der Waals surface area contributed by atoms with E-state index < -0.39 is 0 Å². The van der Waals surface area contributed by atoms with Gasteiger partial charge in [0, 0.05) is 36.2 Å². The van der Waals surface area contributed by atoms with E-state index >= 15 is 0 Å². The predicted octanol–water partition coefficient (Wildman–Crippen LogP) is 4.84. The summed E-state index contributed by atoms with van der Waals surface area (Å²) in [6, 6.07) is 11.1. The van der Waals surface area contributed by atoms with Gasteiger partial charge in [0.15, 0.2) is 0 Å². The number of likely N-dealkylation sites (tertiary alicyclic amines) is 1. The third-order valence-electron chi connectivity index (χ3n) is 7.69. The third kappa shape index (κ3) is 2.27. The van der Waals surface area contributed by atoms with Crippen LogP contribution in [0.15, 0.2) is 41.4 Å². The number of rotatable bonds is 1. The zero-order valence-corrected chi connectivity index (χ0v) is 16.6. The molecule has 2 bridgehead atoms. The molecule has 2 aromatic rings. The van der Waals surface area contributed by atoms with Crippen LogP contribution in [0.5, 0.6) is 0 Å². The van der Waals surface area contributed by atoms with Crippen LogP contribution in [0.4, 0.5) is 10.1 Å². The van der Waals surface area contributed by atoms with Crippen molar-refractivity contribution in [2.45, 2.75) is 51.5 Å². The van der Waals surface area contributed by atoms with Gasteiger partial charge < -0.3 is 4.90 Å². The van der Waals surface area contributed by atoms with Gasteiger partial charge in [-0.15, -0.1) is 0 Å². The fraction of sp³-hybridized carbons (Fsp3) is 0.417. The molecule has 1 saturated heterocycles. The Labute approximate surface area is 165 Å². The van der Waals surface area contributed by atoms with Crippen molar-refractivity contribution in [1.82, 2.24) is 4.90 Å². The summed E-state index contributed by atoms with van der Waals surface area (Å²) >= 11 is 0. The lowest BCUT2D eigenvalue weighted by molar-refractivity contribution is -0.0262. The minimum atomic E-state index is -0.198. The molecule has 2 aromatic carbocycles. The molecule has 2 atom stereocenters. The van der Waals surface area contributed by atoms with Gasteiger partial charge in [0.25, 0.3) is 5.91 Å². The smallest absolute Gasteiger partial charge is 0.254 e. The Morgan fingerprint density at radius 1 is 1.14 bits per heavy atom. The molecule has 2 unspecified atom stereocenters. The molecular weight excluding hydrogens is 351 g/mol. The Morgan fingerprint density at radius 3 is 2.79 bits per heavy atom. The summed E-state index contributed by atoms with van der Waals surface area (Å²) in [7, 11) is 0. The summed E-state index contributed by atoms with van der Waals surface area (Å²) in [5, 5.41) is 0. The molecule has 28 heavy (non-hydrogen) atoms. The van der Waals surface area contributed by atoms with Gasteiger partial charge >= 0.3 is 0 Å². The van der Waals surface area contributed by atoms with Crippen LogP contribution >= 0.6 is 0 Å². The summed E-state index contributed by atoms with van der Waals surface area (Å²) in [6.07, 6.45) is 4.27. The highest BCUT2D eigenvalue weighted by Crippen LogP contribution is 2.56. The number of benzene rings is 2. The fourth-order valence-corrected chi connectivity index (χ4v) is 5.56. The molecule has 4 heteroatoms. The predicted molar refractivity (Wildman–Crippen MR) is 109 cm³/mol. The standard InChI is InChI=1S/C24H25FN2O/c1-23(2)21-14-17-13-18(25)5-6-19(17)24(23,3)9-11-27(21)22(28)16-4-7-20-15(12-16)8-10-26-20/h4-7,10,12-13,21H,8-9,11,14H2,1-3H3. The molecular formula is C24H25FN2O. The summed E-state index contributed by atoms with van der Waals surface area (Å²) in [4.78, 5) is 19.9. The maximum absolute atomic E-state index is 13.9. The van der Waals surface area contributed by atoms with E-state index in [4.69, 9.17) is 0 Å². The Bertz CT molecular complexity index is 1030. The van der Waals surface area contributed by atoms with E-state index in [0.717, 1.165) is 41.8 Å². The van der Waals surface area contributed by atoms with Crippen molar-refractivity contribution in [2.75, 3.05) is 6.54 Å². The maximum atomic E-state index is 13.9. The molecule has 0 N–H and O–H groups in total. The van der Waals surface area contributed by atoms with Crippen molar-refractivity contribution in [3.63, 3.8) is 0 Å². The average molecular weight is 376 g/mol. The van der Waals surface area contributed by atoms with Crippen molar-refractivity contribution in [3.05, 3.63) is 64.5 Å².